The van der Waals surface area contributed by atoms with Gasteiger partial charge in [0.1, 0.15) is 17.6 Å². The number of nitrogens with one attached hydrogen (secondary N) is 2. The third-order valence-electron chi connectivity index (χ3n) is 5.18. The second-order valence-electron chi connectivity index (χ2n) is 7.28. The van der Waals surface area contributed by atoms with Crippen molar-refractivity contribution >= 4 is 39.0 Å². The Bertz CT molecular complexity index is 1190. The zero-order chi connectivity index (χ0) is 22.2. The van der Waals surface area contributed by atoms with Gasteiger partial charge < -0.3 is 15.0 Å². The Morgan fingerprint density at radius 1 is 1.26 bits per heavy atom. The minimum atomic E-state index is -3.68. The average molecular weight is 442 g/mol. The molecule has 9 nitrogen and oxygen atoms in total. The highest BCUT2D eigenvalue weighted by molar-refractivity contribution is 7.90. The van der Waals surface area contributed by atoms with Gasteiger partial charge in [-0.05, 0) is 43.7 Å². The molecule has 2 aliphatic heterocycles. The topological polar surface area (TPSA) is 117 Å². The van der Waals surface area contributed by atoms with Gasteiger partial charge >= 0.3 is 0 Å². The molecule has 2 N–H and O–H groups in total. The number of ether oxygens (including phenoxy) is 1. The van der Waals surface area contributed by atoms with Gasteiger partial charge in [0.15, 0.2) is 0 Å². The van der Waals surface area contributed by atoms with Gasteiger partial charge in [-0.3, -0.25) is 19.3 Å². The van der Waals surface area contributed by atoms with Crippen LogP contribution in [0.15, 0.2) is 52.4 Å². The maximum Gasteiger partial charge on any atom is 0.263 e. The van der Waals surface area contributed by atoms with Gasteiger partial charge in [-0.1, -0.05) is 12.1 Å². The largest absolute Gasteiger partial charge is 0.495 e. The Balaban J connectivity index is 1.55. The number of aliphatic imine (C=N–C) groups is 1. The van der Waals surface area contributed by atoms with Gasteiger partial charge in [-0.2, -0.15) is 0 Å². The second-order valence-corrected chi connectivity index (χ2v) is 8.93. The summed E-state index contributed by atoms with van der Waals surface area (Å²) in [6, 6.07) is 10.7. The van der Waals surface area contributed by atoms with E-state index in [9.17, 15) is 18.0 Å². The van der Waals surface area contributed by atoms with Crippen molar-refractivity contribution in [2.75, 3.05) is 23.9 Å². The molecule has 0 aliphatic carbocycles. The van der Waals surface area contributed by atoms with Gasteiger partial charge in [-0.25, -0.2) is 8.42 Å². The molecular weight excluding hydrogens is 420 g/mol. The second kappa shape index (κ2) is 8.03. The molecule has 162 valence electrons. The van der Waals surface area contributed by atoms with Crippen LogP contribution in [-0.4, -0.2) is 45.8 Å². The Morgan fingerprint density at radius 3 is 2.74 bits per heavy atom. The normalized spacial score (nSPS) is 19.1. The number of nitrogens with zero attached hydrogens (tertiary/aromatic N) is 2. The summed E-state index contributed by atoms with van der Waals surface area (Å²) in [5, 5.41) is 2.77. The number of carbonyl (C=O) groups excluding carboxylic acids is 2. The molecular formula is C21H22N4O5S. The fourth-order valence-electron chi connectivity index (χ4n) is 3.61. The fourth-order valence-corrected chi connectivity index (χ4v) is 4.85. The molecule has 0 unspecified atom stereocenters. The summed E-state index contributed by atoms with van der Waals surface area (Å²) in [5.41, 5.74) is 1.51. The number of sulfonamides is 1. The summed E-state index contributed by atoms with van der Waals surface area (Å²) in [6.45, 7) is 2.17. The van der Waals surface area contributed by atoms with Crippen LogP contribution >= 0.6 is 0 Å². The molecule has 1 atom stereocenters. The number of amidine groups is 1. The zero-order valence-corrected chi connectivity index (χ0v) is 17.9. The number of amides is 2. The molecule has 0 aromatic heterocycles. The summed E-state index contributed by atoms with van der Waals surface area (Å²) >= 11 is 0. The lowest BCUT2D eigenvalue weighted by Gasteiger charge is -2.20. The van der Waals surface area contributed by atoms with Crippen molar-refractivity contribution in [2.45, 2.75) is 30.7 Å². The van der Waals surface area contributed by atoms with Gasteiger partial charge in [0.25, 0.3) is 10.0 Å². The number of methoxy groups -OCH3 is 1. The smallest absolute Gasteiger partial charge is 0.263 e. The average Bonchev–Trinajstić information content (AvgIpc) is 3.28. The zero-order valence-electron chi connectivity index (χ0n) is 17.1. The Morgan fingerprint density at radius 2 is 2.03 bits per heavy atom. The molecule has 0 saturated carbocycles. The SMILES string of the molecule is COc1ccc(NC(=O)[C@H](C)N=C2NS(=O)(=O)c3ccccc32)cc1N1CCCC1=O. The number of fused-ring (bicyclic) bond motifs is 1. The summed E-state index contributed by atoms with van der Waals surface area (Å²) in [5.74, 6) is 0.267. The van der Waals surface area contributed by atoms with Crippen LogP contribution in [-0.2, 0) is 19.6 Å². The van der Waals surface area contributed by atoms with E-state index >= 15 is 0 Å². The van der Waals surface area contributed by atoms with Crippen LogP contribution in [0.5, 0.6) is 5.75 Å². The molecule has 2 aliphatic rings. The fraction of sp³-hybridized carbons (Fsp3) is 0.286. The Kier molecular flexibility index (Phi) is 5.40. The van der Waals surface area contributed by atoms with Crippen LogP contribution in [0, 0.1) is 0 Å². The maximum absolute atomic E-state index is 12.7. The lowest BCUT2D eigenvalue weighted by Crippen LogP contribution is -2.29. The van der Waals surface area contributed by atoms with Gasteiger partial charge in [0, 0.05) is 24.2 Å². The summed E-state index contributed by atoms with van der Waals surface area (Å²) in [7, 11) is -2.15. The van der Waals surface area contributed by atoms with E-state index in [0.29, 0.717) is 35.7 Å². The van der Waals surface area contributed by atoms with Crippen LogP contribution in [0.25, 0.3) is 0 Å². The van der Waals surface area contributed by atoms with Gasteiger partial charge in [0.2, 0.25) is 11.8 Å². The number of hydrogen-bond donors (Lipinski definition) is 2. The Labute approximate surface area is 180 Å². The molecule has 2 heterocycles. The van der Waals surface area contributed by atoms with Crippen LogP contribution in [0.3, 0.4) is 0 Å². The highest BCUT2D eigenvalue weighted by Crippen LogP contribution is 2.34. The van der Waals surface area contributed by atoms with E-state index in [4.69, 9.17) is 4.74 Å². The lowest BCUT2D eigenvalue weighted by molar-refractivity contribution is -0.117. The first-order chi connectivity index (χ1) is 14.8. The molecule has 0 bridgehead atoms. The van der Waals surface area contributed by atoms with Crippen molar-refractivity contribution in [3.63, 3.8) is 0 Å². The Hall–Kier alpha value is -3.40. The first-order valence-electron chi connectivity index (χ1n) is 9.79. The molecule has 2 aromatic rings. The first kappa shape index (κ1) is 20.9. The molecule has 1 saturated heterocycles. The van der Waals surface area contributed by atoms with E-state index in [1.54, 1.807) is 48.2 Å². The molecule has 2 aromatic carbocycles. The molecule has 2 amide bonds. The highest BCUT2D eigenvalue weighted by Gasteiger charge is 2.31. The first-order valence-corrected chi connectivity index (χ1v) is 11.3. The number of benzene rings is 2. The minimum Gasteiger partial charge on any atom is -0.495 e. The van der Waals surface area contributed by atoms with E-state index in [0.717, 1.165) is 6.42 Å². The van der Waals surface area contributed by atoms with Crippen molar-refractivity contribution in [3.05, 3.63) is 48.0 Å². The van der Waals surface area contributed by atoms with Crippen LogP contribution in [0.4, 0.5) is 11.4 Å². The standard InChI is InChI=1S/C21H22N4O5S/c1-13(22-20-15-6-3-4-7-18(15)31(28,29)24-20)21(27)23-14-9-10-17(30-2)16(12-14)25-11-5-8-19(25)26/h3-4,6-7,9-10,12-13H,5,8,11H2,1-2H3,(H,22,24)(H,23,27)/t13-/m0/s1. The molecule has 4 rings (SSSR count). The van der Waals surface area contributed by atoms with E-state index in [1.807, 2.05) is 0 Å². The number of rotatable bonds is 5. The highest BCUT2D eigenvalue weighted by atomic mass is 32.2. The van der Waals surface area contributed by atoms with Crippen molar-refractivity contribution in [1.29, 1.82) is 0 Å². The van der Waals surface area contributed by atoms with E-state index < -0.39 is 22.0 Å². The van der Waals surface area contributed by atoms with Gasteiger partial charge in [0.05, 0.1) is 17.7 Å². The van der Waals surface area contributed by atoms with Gasteiger partial charge in [-0.15, -0.1) is 0 Å². The van der Waals surface area contributed by atoms with E-state index in [-0.39, 0.29) is 16.6 Å². The summed E-state index contributed by atoms with van der Waals surface area (Å²) < 4.78 is 32.2. The maximum atomic E-state index is 12.7. The predicted molar refractivity (Wildman–Crippen MR) is 116 cm³/mol. The molecule has 10 heteroatoms. The van der Waals surface area contributed by atoms with Crippen LogP contribution < -0.4 is 19.7 Å². The summed E-state index contributed by atoms with van der Waals surface area (Å²) in [6.07, 6.45) is 1.25. The molecule has 0 spiro atoms. The summed E-state index contributed by atoms with van der Waals surface area (Å²) in [4.78, 5) is 30.9. The monoisotopic (exact) mass is 442 g/mol. The van der Waals surface area contributed by atoms with Crippen molar-refractivity contribution in [2.24, 2.45) is 4.99 Å². The van der Waals surface area contributed by atoms with E-state index in [2.05, 4.69) is 15.0 Å². The minimum absolute atomic E-state index is 0.00808. The quantitative estimate of drug-likeness (QED) is 0.733. The van der Waals surface area contributed by atoms with Crippen molar-refractivity contribution in [3.8, 4) is 5.75 Å². The van der Waals surface area contributed by atoms with Crippen LogP contribution in [0.2, 0.25) is 0 Å². The number of carbonyl (C=O) groups is 2. The number of hydrogen-bond acceptors (Lipinski definition) is 6. The molecule has 1 fully saturated rings. The molecule has 0 radical (unpaired) electrons. The van der Waals surface area contributed by atoms with Crippen molar-refractivity contribution in [1.82, 2.24) is 4.72 Å². The third-order valence-corrected chi connectivity index (χ3v) is 6.57. The van der Waals surface area contributed by atoms with Crippen molar-refractivity contribution < 1.29 is 22.7 Å². The third kappa shape index (κ3) is 3.98. The number of anilines is 2. The van der Waals surface area contributed by atoms with E-state index in [1.165, 1.54) is 13.2 Å². The molecule has 31 heavy (non-hydrogen) atoms. The van der Waals surface area contributed by atoms with Crippen LogP contribution in [0.1, 0.15) is 25.3 Å². The lowest BCUT2D eigenvalue weighted by atomic mass is 10.2. The predicted octanol–water partition coefficient (Wildman–Crippen LogP) is 1.89.